The van der Waals surface area contributed by atoms with E-state index in [4.69, 9.17) is 0 Å². The van der Waals surface area contributed by atoms with Crippen molar-refractivity contribution in [1.82, 2.24) is 9.55 Å². The Kier molecular flexibility index (Phi) is 2.42. The van der Waals surface area contributed by atoms with E-state index in [1.54, 1.807) is 0 Å². The zero-order chi connectivity index (χ0) is 10.1. The fourth-order valence-electron chi connectivity index (χ4n) is 1.54. The molecule has 0 saturated heterocycles. The number of pyridine rings is 1. The average Bonchev–Trinajstić information content (AvgIpc) is 2.49. The number of hydrogen-bond donors (Lipinski definition) is 0. The summed E-state index contributed by atoms with van der Waals surface area (Å²) in [6.45, 7) is 2.00. The lowest BCUT2D eigenvalue weighted by Gasteiger charge is -2.04. The minimum absolute atomic E-state index is 0.883. The molecule has 0 unspecified atom stereocenters. The topological polar surface area (TPSA) is 17.8 Å². The van der Waals surface area contributed by atoms with E-state index in [-0.39, 0.29) is 0 Å². The van der Waals surface area contributed by atoms with Crippen molar-refractivity contribution in [2.75, 3.05) is 0 Å². The molecule has 0 radical (unpaired) electrons. The molecule has 0 saturated carbocycles. The Morgan fingerprint density at radius 2 is 2.14 bits per heavy atom. The molecule has 2 aromatic heterocycles. The molecule has 2 aromatic rings. The van der Waals surface area contributed by atoms with Gasteiger partial charge < -0.3 is 4.57 Å². The minimum atomic E-state index is 0.883. The Morgan fingerprint density at radius 3 is 2.71 bits per heavy atom. The van der Waals surface area contributed by atoms with Crippen molar-refractivity contribution in [2.45, 2.75) is 6.92 Å². The zero-order valence-corrected chi connectivity index (χ0v) is 9.75. The van der Waals surface area contributed by atoms with Gasteiger partial charge in [-0.15, -0.1) is 0 Å². The van der Waals surface area contributed by atoms with Crippen molar-refractivity contribution in [2.24, 2.45) is 7.05 Å². The lowest BCUT2D eigenvalue weighted by atomic mass is 10.2. The fraction of sp³-hybridized carbons (Fsp3) is 0.182. The minimum Gasteiger partial charge on any atom is -0.351 e. The third-order valence-corrected chi connectivity index (χ3v) is 2.57. The molecule has 0 atom stereocenters. The van der Waals surface area contributed by atoms with Crippen LogP contribution in [0.5, 0.6) is 0 Å². The summed E-state index contributed by atoms with van der Waals surface area (Å²) in [5.41, 5.74) is 3.42. The molecule has 0 aliphatic rings. The summed E-state index contributed by atoms with van der Waals surface area (Å²) in [5, 5.41) is 0. The Bertz CT molecular complexity index is 440. The summed E-state index contributed by atoms with van der Waals surface area (Å²) in [6, 6.07) is 8.25. The Labute approximate surface area is 91.7 Å². The van der Waals surface area contributed by atoms with Gasteiger partial charge in [-0.3, -0.25) is 0 Å². The molecular weight excluding hydrogens is 240 g/mol. The van der Waals surface area contributed by atoms with E-state index < -0.39 is 0 Å². The second-order valence-corrected chi connectivity index (χ2v) is 4.14. The first-order valence-corrected chi connectivity index (χ1v) is 5.22. The van der Waals surface area contributed by atoms with Crippen LogP contribution in [0, 0.1) is 6.92 Å². The van der Waals surface area contributed by atoms with Gasteiger partial charge in [0.2, 0.25) is 0 Å². The van der Waals surface area contributed by atoms with Crippen LogP contribution >= 0.6 is 15.9 Å². The molecule has 0 bridgehead atoms. The molecule has 0 aliphatic heterocycles. The molecule has 0 N–H and O–H groups in total. The largest absolute Gasteiger partial charge is 0.351 e. The summed E-state index contributed by atoms with van der Waals surface area (Å²) in [5.74, 6) is 0. The number of hydrogen-bond acceptors (Lipinski definition) is 1. The van der Waals surface area contributed by atoms with Crippen LogP contribution in [0.15, 0.2) is 35.1 Å². The lowest BCUT2D eigenvalue weighted by Crippen LogP contribution is -1.91. The summed E-state index contributed by atoms with van der Waals surface area (Å²) in [7, 11) is 2.04. The molecule has 2 rings (SSSR count). The van der Waals surface area contributed by atoms with E-state index in [1.807, 2.05) is 32.3 Å². The van der Waals surface area contributed by atoms with E-state index in [9.17, 15) is 0 Å². The fourth-order valence-corrected chi connectivity index (χ4v) is 2.06. The molecule has 14 heavy (non-hydrogen) atoms. The molecule has 0 aromatic carbocycles. The Balaban J connectivity index is 2.57. The van der Waals surface area contributed by atoms with Gasteiger partial charge in [-0.05, 0) is 47.1 Å². The molecule has 2 heterocycles. The van der Waals surface area contributed by atoms with Crippen molar-refractivity contribution in [3.8, 4) is 11.3 Å². The van der Waals surface area contributed by atoms with Crippen molar-refractivity contribution in [3.05, 3.63) is 40.8 Å². The molecule has 0 spiro atoms. The van der Waals surface area contributed by atoms with Gasteiger partial charge in [0.25, 0.3) is 0 Å². The summed E-state index contributed by atoms with van der Waals surface area (Å²) in [4.78, 5) is 4.28. The third kappa shape index (κ3) is 1.73. The van der Waals surface area contributed by atoms with E-state index in [1.165, 1.54) is 11.3 Å². The van der Waals surface area contributed by atoms with Crippen molar-refractivity contribution < 1.29 is 0 Å². The maximum atomic E-state index is 4.28. The average molecular weight is 251 g/mol. The van der Waals surface area contributed by atoms with Gasteiger partial charge in [-0.25, -0.2) is 4.98 Å². The van der Waals surface area contributed by atoms with Crippen LogP contribution in [0.25, 0.3) is 11.3 Å². The molecule has 0 amide bonds. The second kappa shape index (κ2) is 3.58. The summed E-state index contributed by atoms with van der Waals surface area (Å²) in [6.07, 6.45) is 2.04. The van der Waals surface area contributed by atoms with Crippen molar-refractivity contribution in [1.29, 1.82) is 0 Å². The number of nitrogens with zero attached hydrogens (tertiary/aromatic N) is 2. The third-order valence-electron chi connectivity index (χ3n) is 2.16. The van der Waals surface area contributed by atoms with E-state index in [2.05, 4.69) is 37.6 Å². The van der Waals surface area contributed by atoms with E-state index >= 15 is 0 Å². The standard InChI is InChI=1S/C11H11BrN2/c1-8-6-9(7-11(12)13-8)10-4-3-5-14(10)2/h3-7H,1-2H3. The zero-order valence-electron chi connectivity index (χ0n) is 8.16. The second-order valence-electron chi connectivity index (χ2n) is 3.32. The molecule has 0 aliphatic carbocycles. The monoisotopic (exact) mass is 250 g/mol. The number of rotatable bonds is 1. The van der Waals surface area contributed by atoms with Gasteiger partial charge in [0, 0.05) is 30.2 Å². The van der Waals surface area contributed by atoms with Crippen LogP contribution in [0.1, 0.15) is 5.69 Å². The predicted octanol–water partition coefficient (Wildman–Crippen LogP) is 3.16. The maximum Gasteiger partial charge on any atom is 0.107 e. The van der Waals surface area contributed by atoms with Crippen LogP contribution in [-0.4, -0.2) is 9.55 Å². The van der Waals surface area contributed by atoms with Gasteiger partial charge in [-0.2, -0.15) is 0 Å². The molecule has 2 nitrogen and oxygen atoms in total. The first kappa shape index (κ1) is 9.46. The highest BCUT2D eigenvalue weighted by atomic mass is 79.9. The first-order chi connectivity index (χ1) is 6.66. The Morgan fingerprint density at radius 1 is 1.36 bits per heavy atom. The number of halogens is 1. The normalized spacial score (nSPS) is 10.5. The first-order valence-electron chi connectivity index (χ1n) is 4.43. The lowest BCUT2D eigenvalue weighted by molar-refractivity contribution is 0.935. The van der Waals surface area contributed by atoms with Gasteiger partial charge in [0.1, 0.15) is 4.60 Å². The van der Waals surface area contributed by atoms with Crippen LogP contribution in [0.3, 0.4) is 0 Å². The van der Waals surface area contributed by atoms with Crippen LogP contribution in [-0.2, 0) is 7.05 Å². The summed E-state index contributed by atoms with van der Waals surface area (Å²) >= 11 is 3.40. The van der Waals surface area contributed by atoms with Crippen LogP contribution in [0.2, 0.25) is 0 Å². The molecule has 72 valence electrons. The molecule has 3 heteroatoms. The van der Waals surface area contributed by atoms with Gasteiger partial charge in [0.15, 0.2) is 0 Å². The quantitative estimate of drug-likeness (QED) is 0.712. The van der Waals surface area contributed by atoms with Crippen molar-refractivity contribution >= 4 is 15.9 Å². The van der Waals surface area contributed by atoms with E-state index in [0.29, 0.717) is 0 Å². The van der Waals surface area contributed by atoms with Gasteiger partial charge in [0.05, 0.1) is 0 Å². The van der Waals surface area contributed by atoms with Gasteiger partial charge >= 0.3 is 0 Å². The van der Waals surface area contributed by atoms with Crippen LogP contribution in [0.4, 0.5) is 0 Å². The van der Waals surface area contributed by atoms with Gasteiger partial charge in [-0.1, -0.05) is 0 Å². The molecular formula is C11H11BrN2. The highest BCUT2D eigenvalue weighted by Crippen LogP contribution is 2.22. The van der Waals surface area contributed by atoms with Crippen LogP contribution < -0.4 is 0 Å². The number of aromatic nitrogens is 2. The van der Waals surface area contributed by atoms with Crippen molar-refractivity contribution in [3.63, 3.8) is 0 Å². The maximum absolute atomic E-state index is 4.28. The number of aryl methyl sites for hydroxylation is 2. The highest BCUT2D eigenvalue weighted by molar-refractivity contribution is 9.10. The predicted molar refractivity (Wildman–Crippen MR) is 61.1 cm³/mol. The van der Waals surface area contributed by atoms with E-state index in [0.717, 1.165) is 10.3 Å². The highest BCUT2D eigenvalue weighted by Gasteiger charge is 2.03. The SMILES string of the molecule is Cc1cc(-c2cccn2C)cc(Br)n1. The molecule has 0 fully saturated rings. The smallest absolute Gasteiger partial charge is 0.107 e. The Hall–Kier alpha value is -1.09. The summed E-state index contributed by atoms with van der Waals surface area (Å²) < 4.78 is 2.98.